The molecule has 1 saturated heterocycles. The van der Waals surface area contributed by atoms with Gasteiger partial charge in [0, 0.05) is 42.1 Å². The third kappa shape index (κ3) is 5.39. The Kier molecular flexibility index (Phi) is 6.44. The molecule has 1 fully saturated rings. The number of carbonyl (C=O) groups is 1. The Bertz CT molecular complexity index is 731. The Hall–Kier alpha value is -1.71. The van der Waals surface area contributed by atoms with E-state index in [1.165, 1.54) is 0 Å². The van der Waals surface area contributed by atoms with Gasteiger partial charge in [0.25, 0.3) is 5.76 Å². The average molecular weight is 399 g/mol. The molecule has 1 aromatic carbocycles. The Balaban J connectivity index is 1.44. The predicted molar refractivity (Wildman–Crippen MR) is 102 cm³/mol. The average Bonchev–Trinajstić information content (AvgIpc) is 3.03. The number of hydrogen-bond donors (Lipinski definition) is 1. The van der Waals surface area contributed by atoms with Gasteiger partial charge in [-0.05, 0) is 31.2 Å². The van der Waals surface area contributed by atoms with Gasteiger partial charge in [-0.1, -0.05) is 11.8 Å². The molecule has 1 N–H and O–H groups in total. The number of halogens is 2. The second kappa shape index (κ2) is 8.79. The fraction of sp³-hybridized carbons (Fsp3) is 0.412. The molecule has 0 radical (unpaired) electrons. The molecule has 5 nitrogen and oxygen atoms in total. The van der Waals surface area contributed by atoms with Crippen LogP contribution in [-0.4, -0.2) is 54.3 Å². The number of alkyl halides is 2. The quantitative estimate of drug-likeness (QED) is 0.755. The molecule has 1 amide bonds. The number of thiazole rings is 1. The van der Waals surface area contributed by atoms with Crippen molar-refractivity contribution < 1.29 is 13.6 Å². The van der Waals surface area contributed by atoms with Gasteiger partial charge in [-0.15, -0.1) is 11.3 Å². The minimum absolute atomic E-state index is 0.0993. The number of rotatable bonds is 6. The van der Waals surface area contributed by atoms with Gasteiger partial charge in [-0.25, -0.2) is 4.98 Å². The molecule has 1 aromatic heterocycles. The monoisotopic (exact) mass is 398 g/mol. The Morgan fingerprint density at radius 3 is 2.54 bits per heavy atom. The summed E-state index contributed by atoms with van der Waals surface area (Å²) in [4.78, 5) is 21.5. The van der Waals surface area contributed by atoms with Crippen LogP contribution in [0.15, 0.2) is 34.5 Å². The number of aromatic nitrogens is 1. The first-order chi connectivity index (χ1) is 12.5. The van der Waals surface area contributed by atoms with Gasteiger partial charge in [0.2, 0.25) is 5.91 Å². The number of aryl methyl sites for hydroxylation is 1. The highest BCUT2D eigenvalue weighted by molar-refractivity contribution is 7.99. The fourth-order valence-electron chi connectivity index (χ4n) is 2.71. The number of piperazine rings is 1. The molecular weight excluding hydrogens is 378 g/mol. The summed E-state index contributed by atoms with van der Waals surface area (Å²) in [7, 11) is 0. The summed E-state index contributed by atoms with van der Waals surface area (Å²) < 4.78 is 24.6. The molecule has 0 atom stereocenters. The molecule has 1 aliphatic heterocycles. The number of carbonyl (C=O) groups excluding carboxylic acids is 1. The molecule has 140 valence electrons. The van der Waals surface area contributed by atoms with Crippen LogP contribution in [0.5, 0.6) is 0 Å². The zero-order valence-corrected chi connectivity index (χ0v) is 16.0. The molecule has 0 spiro atoms. The van der Waals surface area contributed by atoms with E-state index in [9.17, 15) is 13.6 Å². The number of nitrogens with zero attached hydrogens (tertiary/aromatic N) is 3. The Morgan fingerprint density at radius 1 is 1.27 bits per heavy atom. The summed E-state index contributed by atoms with van der Waals surface area (Å²) in [6, 6.07) is 6.46. The van der Waals surface area contributed by atoms with Crippen molar-refractivity contribution in [2.45, 2.75) is 17.6 Å². The minimum atomic E-state index is -2.44. The van der Waals surface area contributed by atoms with Gasteiger partial charge in [0.1, 0.15) is 0 Å². The maximum Gasteiger partial charge on any atom is 0.288 e. The molecule has 2 aromatic rings. The van der Waals surface area contributed by atoms with Gasteiger partial charge in [0.15, 0.2) is 5.13 Å². The Morgan fingerprint density at radius 2 is 1.96 bits per heavy atom. The third-order valence-corrected chi connectivity index (χ3v) is 5.72. The van der Waals surface area contributed by atoms with Gasteiger partial charge < -0.3 is 10.2 Å². The Labute approximate surface area is 159 Å². The number of amides is 1. The smallest absolute Gasteiger partial charge is 0.288 e. The lowest BCUT2D eigenvalue weighted by molar-refractivity contribution is -0.117. The van der Waals surface area contributed by atoms with Crippen LogP contribution in [0.4, 0.5) is 19.6 Å². The van der Waals surface area contributed by atoms with E-state index in [1.807, 2.05) is 12.3 Å². The van der Waals surface area contributed by atoms with Crippen molar-refractivity contribution in [3.63, 3.8) is 0 Å². The van der Waals surface area contributed by atoms with Crippen molar-refractivity contribution >= 4 is 39.8 Å². The maximum absolute atomic E-state index is 12.3. The number of thioether (sulfide) groups is 1. The second-order valence-corrected chi connectivity index (χ2v) is 7.89. The van der Waals surface area contributed by atoms with Crippen LogP contribution < -0.4 is 10.2 Å². The van der Waals surface area contributed by atoms with Crippen LogP contribution in [0.25, 0.3) is 0 Å². The minimum Gasteiger partial charge on any atom is -0.346 e. The normalized spacial score (nSPS) is 15.5. The summed E-state index contributed by atoms with van der Waals surface area (Å²) in [6.07, 6.45) is 0. The van der Waals surface area contributed by atoms with Crippen molar-refractivity contribution in [3.8, 4) is 0 Å². The summed E-state index contributed by atoms with van der Waals surface area (Å²) >= 11 is 2.14. The molecule has 1 aliphatic rings. The van der Waals surface area contributed by atoms with Crippen LogP contribution in [0.2, 0.25) is 0 Å². The van der Waals surface area contributed by atoms with Crippen molar-refractivity contribution in [1.29, 1.82) is 0 Å². The number of benzene rings is 1. The lowest BCUT2D eigenvalue weighted by Crippen LogP contribution is -2.48. The summed E-state index contributed by atoms with van der Waals surface area (Å²) in [6.45, 7) is 5.60. The zero-order valence-electron chi connectivity index (χ0n) is 14.3. The number of nitrogens with one attached hydrogen (secondary N) is 1. The van der Waals surface area contributed by atoms with Crippen LogP contribution in [-0.2, 0) is 4.79 Å². The molecule has 9 heteroatoms. The van der Waals surface area contributed by atoms with Crippen LogP contribution in [0, 0.1) is 6.92 Å². The molecule has 0 aliphatic carbocycles. The molecule has 26 heavy (non-hydrogen) atoms. The lowest BCUT2D eigenvalue weighted by atomic mass is 10.3. The van der Waals surface area contributed by atoms with Crippen LogP contribution in [0.3, 0.4) is 0 Å². The lowest BCUT2D eigenvalue weighted by Gasteiger charge is -2.34. The van der Waals surface area contributed by atoms with Gasteiger partial charge in [0.05, 0.1) is 12.2 Å². The highest BCUT2D eigenvalue weighted by Gasteiger charge is 2.20. The number of hydrogen-bond acceptors (Lipinski definition) is 6. The predicted octanol–water partition coefficient (Wildman–Crippen LogP) is 3.53. The van der Waals surface area contributed by atoms with E-state index in [1.54, 1.807) is 35.6 Å². The first-order valence-corrected chi connectivity index (χ1v) is 10.00. The molecule has 0 saturated carbocycles. The fourth-order valence-corrected chi connectivity index (χ4v) is 4.06. The van der Waals surface area contributed by atoms with Crippen LogP contribution >= 0.6 is 23.1 Å². The van der Waals surface area contributed by atoms with E-state index in [0.717, 1.165) is 37.0 Å². The standard InChI is InChI=1S/C17H20F2N4OS2/c1-12-11-25-17(20-12)23-8-6-22(7-9-23)10-15(24)21-13-2-4-14(5-3-13)26-16(18)19/h2-5,11,16H,6-10H2,1H3,(H,21,24). The maximum atomic E-state index is 12.3. The topological polar surface area (TPSA) is 48.5 Å². The third-order valence-electron chi connectivity index (χ3n) is 3.98. The van der Waals surface area contributed by atoms with Crippen molar-refractivity contribution in [2.75, 3.05) is 42.9 Å². The molecule has 0 bridgehead atoms. The second-order valence-electron chi connectivity index (χ2n) is 5.99. The number of anilines is 2. The van der Waals surface area contributed by atoms with Crippen molar-refractivity contribution in [1.82, 2.24) is 9.88 Å². The highest BCUT2D eigenvalue weighted by Crippen LogP contribution is 2.26. The van der Waals surface area contributed by atoms with E-state index in [2.05, 4.69) is 20.1 Å². The van der Waals surface area contributed by atoms with Crippen LogP contribution in [0.1, 0.15) is 5.69 Å². The summed E-state index contributed by atoms with van der Waals surface area (Å²) in [5.41, 5.74) is 1.65. The van der Waals surface area contributed by atoms with E-state index >= 15 is 0 Å². The zero-order chi connectivity index (χ0) is 18.5. The molecule has 2 heterocycles. The van der Waals surface area contributed by atoms with Gasteiger partial charge >= 0.3 is 0 Å². The van der Waals surface area contributed by atoms with E-state index in [-0.39, 0.29) is 5.91 Å². The molecule has 0 unspecified atom stereocenters. The van der Waals surface area contributed by atoms with E-state index in [0.29, 0.717) is 28.9 Å². The van der Waals surface area contributed by atoms with Crippen molar-refractivity contribution in [3.05, 3.63) is 35.3 Å². The summed E-state index contributed by atoms with van der Waals surface area (Å²) in [5.74, 6) is -2.54. The van der Waals surface area contributed by atoms with Crippen molar-refractivity contribution in [2.24, 2.45) is 0 Å². The largest absolute Gasteiger partial charge is 0.346 e. The van der Waals surface area contributed by atoms with Gasteiger partial charge in [-0.2, -0.15) is 8.78 Å². The summed E-state index contributed by atoms with van der Waals surface area (Å²) in [5, 5.41) is 5.89. The van der Waals surface area contributed by atoms with E-state index in [4.69, 9.17) is 0 Å². The first-order valence-electron chi connectivity index (χ1n) is 8.24. The van der Waals surface area contributed by atoms with E-state index < -0.39 is 5.76 Å². The first kappa shape index (κ1) is 19.1. The highest BCUT2D eigenvalue weighted by atomic mass is 32.2. The molecular formula is C17H20F2N4OS2. The van der Waals surface area contributed by atoms with Gasteiger partial charge in [-0.3, -0.25) is 9.69 Å². The SMILES string of the molecule is Cc1csc(N2CCN(CC(=O)Nc3ccc(SC(F)F)cc3)CC2)n1. The molecule has 3 rings (SSSR count).